The third kappa shape index (κ3) is 2.86. The molecule has 3 fully saturated rings. The average molecular weight is 328 g/mol. The van der Waals surface area contributed by atoms with E-state index < -0.39 is 0 Å². The second-order valence-corrected chi connectivity index (χ2v) is 6.84. The molecule has 0 spiro atoms. The Morgan fingerprint density at radius 2 is 1.88 bits per heavy atom. The van der Waals surface area contributed by atoms with Gasteiger partial charge in [-0.1, -0.05) is 18.2 Å². The smallest absolute Gasteiger partial charge is 0.243 e. The van der Waals surface area contributed by atoms with Gasteiger partial charge in [-0.05, 0) is 25.0 Å². The van der Waals surface area contributed by atoms with Crippen molar-refractivity contribution in [3.63, 3.8) is 0 Å². The zero-order valence-corrected chi connectivity index (χ0v) is 13.9. The summed E-state index contributed by atoms with van der Waals surface area (Å²) >= 11 is 0. The van der Waals surface area contributed by atoms with Crippen molar-refractivity contribution in [2.45, 2.75) is 25.0 Å². The molecular weight excluding hydrogens is 304 g/mol. The Bertz CT molecular complexity index is 615. The van der Waals surface area contributed by atoms with Gasteiger partial charge in [0, 0.05) is 37.7 Å². The molecule has 2 N–H and O–H groups in total. The lowest BCUT2D eigenvalue weighted by Gasteiger charge is -2.23. The van der Waals surface area contributed by atoms with Crippen LogP contribution in [0.2, 0.25) is 0 Å². The molecule has 2 bridgehead atoms. The number of hydrogen-bond donors (Lipinski definition) is 2. The van der Waals surface area contributed by atoms with E-state index >= 15 is 0 Å². The van der Waals surface area contributed by atoms with E-state index in [0.29, 0.717) is 24.0 Å². The largest absolute Gasteiger partial charge is 0.374 e. The number of likely N-dealkylation sites (tertiary alicyclic amines) is 1. The predicted octanol–water partition coefficient (Wildman–Crippen LogP) is 1.31. The minimum atomic E-state index is -0.0647. The van der Waals surface area contributed by atoms with Crippen molar-refractivity contribution in [2.24, 2.45) is 16.8 Å². The number of aliphatic imine (C=N–C) groups is 1. The summed E-state index contributed by atoms with van der Waals surface area (Å²) in [5.41, 5.74) is 0.809. The molecule has 3 saturated heterocycles. The van der Waals surface area contributed by atoms with E-state index in [1.165, 1.54) is 12.8 Å². The fourth-order valence-electron chi connectivity index (χ4n) is 4.35. The van der Waals surface area contributed by atoms with Crippen molar-refractivity contribution in [1.82, 2.24) is 10.2 Å². The Labute approximate surface area is 142 Å². The van der Waals surface area contributed by atoms with Gasteiger partial charge in [0.1, 0.15) is 0 Å². The van der Waals surface area contributed by atoms with Crippen molar-refractivity contribution in [3.8, 4) is 0 Å². The monoisotopic (exact) mass is 328 g/mol. The Morgan fingerprint density at radius 3 is 2.50 bits per heavy atom. The third-order valence-electron chi connectivity index (χ3n) is 5.43. The molecule has 128 valence electrons. The molecule has 3 aliphatic rings. The van der Waals surface area contributed by atoms with Crippen LogP contribution in [0.5, 0.6) is 0 Å². The summed E-state index contributed by atoms with van der Waals surface area (Å²) in [6.45, 7) is 2.17. The van der Waals surface area contributed by atoms with Crippen LogP contribution in [-0.4, -0.2) is 55.7 Å². The first kappa shape index (κ1) is 15.4. The van der Waals surface area contributed by atoms with Crippen molar-refractivity contribution < 1.29 is 9.53 Å². The van der Waals surface area contributed by atoms with Crippen LogP contribution >= 0.6 is 0 Å². The first-order chi connectivity index (χ1) is 11.7. The van der Waals surface area contributed by atoms with E-state index in [9.17, 15) is 4.79 Å². The Balaban J connectivity index is 1.30. The topological polar surface area (TPSA) is 66.0 Å². The van der Waals surface area contributed by atoms with Crippen LogP contribution in [0.4, 0.5) is 5.69 Å². The Hall–Kier alpha value is -2.08. The molecule has 1 aromatic rings. The number of nitrogens with zero attached hydrogens (tertiary/aromatic N) is 2. The molecule has 0 aliphatic carbocycles. The van der Waals surface area contributed by atoms with Crippen molar-refractivity contribution in [2.75, 3.05) is 32.0 Å². The van der Waals surface area contributed by atoms with Gasteiger partial charge in [-0.3, -0.25) is 9.79 Å². The van der Waals surface area contributed by atoms with E-state index in [1.54, 1.807) is 7.05 Å². The van der Waals surface area contributed by atoms with Gasteiger partial charge in [0.15, 0.2) is 5.96 Å². The molecule has 0 radical (unpaired) electrons. The molecule has 0 aromatic heterocycles. The van der Waals surface area contributed by atoms with Gasteiger partial charge in [0.05, 0.1) is 18.8 Å². The number of para-hydroxylation sites is 1. The minimum Gasteiger partial charge on any atom is -0.374 e. The molecule has 1 amide bonds. The molecule has 0 saturated carbocycles. The standard InChI is InChI=1S/C18H24N4O2/c1-19-18(20-9-17(23)21-12-5-3-2-4-6-12)22-10-13-14(11-22)16-8-7-15(13)24-16/h2-6,13-16H,7-11H2,1H3,(H,19,20)(H,21,23). The van der Waals surface area contributed by atoms with Crippen LogP contribution in [0, 0.1) is 11.8 Å². The van der Waals surface area contributed by atoms with Crippen LogP contribution < -0.4 is 10.6 Å². The van der Waals surface area contributed by atoms with Crippen molar-refractivity contribution in [1.29, 1.82) is 0 Å². The van der Waals surface area contributed by atoms with E-state index in [4.69, 9.17) is 4.74 Å². The zero-order valence-electron chi connectivity index (χ0n) is 13.9. The van der Waals surface area contributed by atoms with Gasteiger partial charge in [-0.15, -0.1) is 0 Å². The lowest BCUT2D eigenvalue weighted by Crippen LogP contribution is -2.44. The zero-order chi connectivity index (χ0) is 16.5. The van der Waals surface area contributed by atoms with Crippen molar-refractivity contribution in [3.05, 3.63) is 30.3 Å². The maximum atomic E-state index is 12.1. The highest BCUT2D eigenvalue weighted by Gasteiger charge is 2.53. The summed E-state index contributed by atoms with van der Waals surface area (Å²) in [4.78, 5) is 18.7. The normalized spacial score (nSPS) is 31.2. The van der Waals surface area contributed by atoms with Gasteiger partial charge < -0.3 is 20.3 Å². The van der Waals surface area contributed by atoms with Crippen LogP contribution in [0.3, 0.4) is 0 Å². The van der Waals surface area contributed by atoms with Crippen molar-refractivity contribution >= 4 is 17.6 Å². The molecule has 6 nitrogen and oxygen atoms in total. The molecule has 4 atom stereocenters. The number of hydrogen-bond acceptors (Lipinski definition) is 3. The highest BCUT2D eigenvalue weighted by atomic mass is 16.5. The van der Waals surface area contributed by atoms with Gasteiger partial charge >= 0.3 is 0 Å². The van der Waals surface area contributed by atoms with Crippen LogP contribution in [0.15, 0.2) is 35.3 Å². The number of anilines is 1. The molecule has 24 heavy (non-hydrogen) atoms. The van der Waals surface area contributed by atoms with Gasteiger partial charge in [0.25, 0.3) is 0 Å². The van der Waals surface area contributed by atoms with Crippen LogP contribution in [0.25, 0.3) is 0 Å². The number of fused-ring (bicyclic) bond motifs is 5. The minimum absolute atomic E-state index is 0.0647. The highest BCUT2D eigenvalue weighted by molar-refractivity contribution is 5.95. The molecule has 3 aliphatic heterocycles. The molecule has 4 rings (SSSR count). The molecule has 4 unspecified atom stereocenters. The number of benzene rings is 1. The first-order valence-electron chi connectivity index (χ1n) is 8.70. The highest BCUT2D eigenvalue weighted by Crippen LogP contribution is 2.47. The van der Waals surface area contributed by atoms with Gasteiger partial charge in [-0.25, -0.2) is 0 Å². The quantitative estimate of drug-likeness (QED) is 0.649. The first-order valence-corrected chi connectivity index (χ1v) is 8.70. The second-order valence-electron chi connectivity index (χ2n) is 6.84. The molecule has 1 aromatic carbocycles. The summed E-state index contributed by atoms with van der Waals surface area (Å²) in [5.74, 6) is 2.00. The fourth-order valence-corrected chi connectivity index (χ4v) is 4.35. The second kappa shape index (κ2) is 6.43. The summed E-state index contributed by atoms with van der Waals surface area (Å²) in [7, 11) is 1.77. The summed E-state index contributed by atoms with van der Waals surface area (Å²) in [5, 5.41) is 6.07. The fraction of sp³-hybridized carbons (Fsp3) is 0.556. The van der Waals surface area contributed by atoms with E-state index in [-0.39, 0.29) is 12.5 Å². The number of amides is 1. The summed E-state index contributed by atoms with van der Waals surface area (Å²) in [6, 6.07) is 9.49. The lowest BCUT2D eigenvalue weighted by atomic mass is 9.82. The molecule has 3 heterocycles. The number of ether oxygens (including phenoxy) is 1. The number of carbonyl (C=O) groups is 1. The maximum absolute atomic E-state index is 12.1. The molecular formula is C18H24N4O2. The number of carbonyl (C=O) groups excluding carboxylic acids is 1. The van der Waals surface area contributed by atoms with E-state index in [2.05, 4.69) is 20.5 Å². The Kier molecular flexibility index (Phi) is 4.14. The number of nitrogens with one attached hydrogen (secondary N) is 2. The molecule has 6 heteroatoms. The van der Waals surface area contributed by atoms with Gasteiger partial charge in [0.2, 0.25) is 5.91 Å². The SMILES string of the molecule is CN=C(NCC(=O)Nc1ccccc1)N1CC2C3CCC(O3)C2C1. The van der Waals surface area contributed by atoms with Gasteiger partial charge in [-0.2, -0.15) is 0 Å². The summed E-state index contributed by atoms with van der Waals surface area (Å²) < 4.78 is 6.01. The average Bonchev–Trinajstić information content (AvgIpc) is 3.29. The Morgan fingerprint density at radius 1 is 1.21 bits per heavy atom. The van der Waals surface area contributed by atoms with Crippen LogP contribution in [-0.2, 0) is 9.53 Å². The summed E-state index contributed by atoms with van der Waals surface area (Å²) in [6.07, 6.45) is 3.27. The van der Waals surface area contributed by atoms with Crippen LogP contribution in [0.1, 0.15) is 12.8 Å². The number of rotatable bonds is 3. The third-order valence-corrected chi connectivity index (χ3v) is 5.43. The lowest BCUT2D eigenvalue weighted by molar-refractivity contribution is -0.115. The maximum Gasteiger partial charge on any atom is 0.243 e. The van der Waals surface area contributed by atoms with E-state index in [0.717, 1.165) is 24.7 Å². The number of guanidine groups is 1. The predicted molar refractivity (Wildman–Crippen MR) is 92.9 cm³/mol. The van der Waals surface area contributed by atoms with E-state index in [1.807, 2.05) is 30.3 Å².